The summed E-state index contributed by atoms with van der Waals surface area (Å²) in [5.74, 6) is -1.18. The summed E-state index contributed by atoms with van der Waals surface area (Å²) >= 11 is 0. The van der Waals surface area contributed by atoms with Crippen molar-refractivity contribution in [3.8, 4) is 17.1 Å². The van der Waals surface area contributed by atoms with Crippen molar-refractivity contribution in [1.29, 1.82) is 0 Å². The van der Waals surface area contributed by atoms with Crippen LogP contribution >= 0.6 is 0 Å². The molecule has 17 heavy (non-hydrogen) atoms. The van der Waals surface area contributed by atoms with E-state index in [-0.39, 0.29) is 17.3 Å². The van der Waals surface area contributed by atoms with Crippen molar-refractivity contribution < 1.29 is 13.5 Å². The molecule has 0 spiro atoms. The van der Waals surface area contributed by atoms with Gasteiger partial charge in [0, 0.05) is 11.8 Å². The number of nitrogens with two attached hydrogens (primary N) is 1. The molecule has 0 saturated heterocycles. The lowest BCUT2D eigenvalue weighted by atomic mass is 10.1. The third-order valence-corrected chi connectivity index (χ3v) is 2.16. The van der Waals surface area contributed by atoms with Crippen molar-refractivity contribution in [2.24, 2.45) is 0 Å². The van der Waals surface area contributed by atoms with Crippen molar-refractivity contribution in [1.82, 2.24) is 9.97 Å². The summed E-state index contributed by atoms with van der Waals surface area (Å²) in [6.07, 6.45) is 1.32. The van der Waals surface area contributed by atoms with Crippen LogP contribution in [0, 0.1) is 11.8 Å². The minimum absolute atomic E-state index is 0.133. The molecule has 2 rings (SSSR count). The molecule has 4 nitrogen and oxygen atoms in total. The lowest BCUT2D eigenvalue weighted by Crippen LogP contribution is -1.98. The Morgan fingerprint density at radius 3 is 2.71 bits per heavy atom. The van der Waals surface area contributed by atoms with E-state index in [1.165, 1.54) is 19.4 Å². The first kappa shape index (κ1) is 11.3. The number of pyridine rings is 2. The van der Waals surface area contributed by atoms with Crippen LogP contribution in [0.3, 0.4) is 0 Å². The zero-order valence-corrected chi connectivity index (χ0v) is 8.95. The molecule has 0 aliphatic rings. The van der Waals surface area contributed by atoms with E-state index in [4.69, 9.17) is 10.5 Å². The van der Waals surface area contributed by atoms with E-state index in [1.54, 1.807) is 0 Å². The molecular formula is C11H9F2N3O. The van der Waals surface area contributed by atoms with Gasteiger partial charge < -0.3 is 10.5 Å². The van der Waals surface area contributed by atoms with Crippen molar-refractivity contribution in [3.05, 3.63) is 36.2 Å². The highest BCUT2D eigenvalue weighted by Gasteiger charge is 2.11. The zero-order valence-electron chi connectivity index (χ0n) is 8.95. The van der Waals surface area contributed by atoms with Gasteiger partial charge in [0.25, 0.3) is 0 Å². The molecule has 6 heteroatoms. The summed E-state index contributed by atoms with van der Waals surface area (Å²) in [4.78, 5) is 7.33. The molecule has 0 aromatic carbocycles. The second-order valence-electron chi connectivity index (χ2n) is 3.29. The second-order valence-corrected chi connectivity index (χ2v) is 3.29. The number of aromatic nitrogens is 2. The van der Waals surface area contributed by atoms with E-state index in [1.807, 2.05) is 0 Å². The summed E-state index contributed by atoms with van der Waals surface area (Å²) in [5.41, 5.74) is 6.02. The number of methoxy groups -OCH3 is 1. The van der Waals surface area contributed by atoms with Crippen LogP contribution in [0.5, 0.6) is 5.88 Å². The number of nitrogen functional groups attached to an aromatic ring is 1. The van der Waals surface area contributed by atoms with E-state index in [9.17, 15) is 8.78 Å². The topological polar surface area (TPSA) is 61.0 Å². The van der Waals surface area contributed by atoms with Gasteiger partial charge >= 0.3 is 0 Å². The van der Waals surface area contributed by atoms with Crippen LogP contribution in [0.2, 0.25) is 0 Å². The highest BCUT2D eigenvalue weighted by molar-refractivity contribution is 5.65. The summed E-state index contributed by atoms with van der Waals surface area (Å²) in [6.45, 7) is 0. The zero-order chi connectivity index (χ0) is 12.4. The van der Waals surface area contributed by atoms with Gasteiger partial charge in [0.2, 0.25) is 11.8 Å². The molecule has 0 unspecified atom stereocenters. The van der Waals surface area contributed by atoms with Gasteiger partial charge in [-0.2, -0.15) is 4.39 Å². The lowest BCUT2D eigenvalue weighted by Gasteiger charge is -2.06. The largest absolute Gasteiger partial charge is 0.480 e. The predicted molar refractivity (Wildman–Crippen MR) is 58.3 cm³/mol. The van der Waals surface area contributed by atoms with Crippen LogP contribution in [0.15, 0.2) is 24.4 Å². The maximum Gasteiger partial charge on any atom is 0.236 e. The first-order chi connectivity index (χ1) is 8.11. The molecule has 88 valence electrons. The summed E-state index contributed by atoms with van der Waals surface area (Å²) in [5, 5.41) is 0. The Hall–Kier alpha value is -2.24. The molecular weight excluding hydrogens is 228 g/mol. The van der Waals surface area contributed by atoms with Gasteiger partial charge in [0.15, 0.2) is 0 Å². The first-order valence-electron chi connectivity index (χ1n) is 4.73. The molecule has 0 bridgehead atoms. The summed E-state index contributed by atoms with van der Waals surface area (Å²) in [6, 6.07) is 3.37. The highest BCUT2D eigenvalue weighted by atomic mass is 19.1. The standard InChI is InChI=1S/C11H9F2N3O/c1-17-11-8(14)4-6(5-15-11)10-7(12)2-3-9(13)16-10/h2-5H,14H2,1H3. The van der Waals surface area contributed by atoms with Gasteiger partial charge in [-0.3, -0.25) is 0 Å². The Bertz CT molecular complexity index is 560. The first-order valence-corrected chi connectivity index (χ1v) is 4.73. The predicted octanol–water partition coefficient (Wildman–Crippen LogP) is 2.01. The van der Waals surface area contributed by atoms with Crippen LogP contribution in [0.1, 0.15) is 0 Å². The van der Waals surface area contributed by atoms with Gasteiger partial charge in [-0.15, -0.1) is 0 Å². The van der Waals surface area contributed by atoms with Crippen LogP contribution in [-0.2, 0) is 0 Å². The van der Waals surface area contributed by atoms with Gasteiger partial charge in [0.05, 0.1) is 12.8 Å². The fourth-order valence-corrected chi connectivity index (χ4v) is 1.39. The van der Waals surface area contributed by atoms with Gasteiger partial charge in [0.1, 0.15) is 11.5 Å². The maximum absolute atomic E-state index is 13.4. The third-order valence-electron chi connectivity index (χ3n) is 2.16. The average Bonchev–Trinajstić information content (AvgIpc) is 2.32. The number of rotatable bonds is 2. The number of hydrogen-bond donors (Lipinski definition) is 1. The molecule has 0 fully saturated rings. The normalized spacial score (nSPS) is 10.3. The molecule has 0 amide bonds. The van der Waals surface area contributed by atoms with Crippen molar-refractivity contribution >= 4 is 5.69 Å². The molecule has 2 aromatic rings. The molecule has 0 atom stereocenters. The van der Waals surface area contributed by atoms with Crippen molar-refractivity contribution in [2.45, 2.75) is 0 Å². The Morgan fingerprint density at radius 1 is 1.29 bits per heavy atom. The quantitative estimate of drug-likeness (QED) is 0.811. The molecule has 0 aliphatic heterocycles. The Kier molecular flexibility index (Phi) is 2.86. The minimum Gasteiger partial charge on any atom is -0.480 e. The molecule has 0 radical (unpaired) electrons. The van der Waals surface area contributed by atoms with Gasteiger partial charge in [-0.1, -0.05) is 0 Å². The Labute approximate surface area is 96.1 Å². The Morgan fingerprint density at radius 2 is 2.06 bits per heavy atom. The lowest BCUT2D eigenvalue weighted by molar-refractivity contribution is 0.400. The molecule has 2 heterocycles. The van der Waals surface area contributed by atoms with Crippen LogP contribution in [0.4, 0.5) is 14.5 Å². The SMILES string of the molecule is COc1ncc(-c2nc(F)ccc2F)cc1N. The molecule has 2 N–H and O–H groups in total. The maximum atomic E-state index is 13.4. The fraction of sp³-hybridized carbons (Fsp3) is 0.0909. The number of ether oxygens (including phenoxy) is 1. The number of nitrogens with zero attached hydrogens (tertiary/aromatic N) is 2. The molecule has 2 aromatic heterocycles. The Balaban J connectivity index is 2.53. The van der Waals surface area contributed by atoms with E-state index < -0.39 is 11.8 Å². The summed E-state index contributed by atoms with van der Waals surface area (Å²) in [7, 11) is 1.42. The minimum atomic E-state index is -0.768. The number of hydrogen-bond acceptors (Lipinski definition) is 4. The molecule has 0 saturated carbocycles. The number of anilines is 1. The van der Waals surface area contributed by atoms with E-state index >= 15 is 0 Å². The second kappa shape index (κ2) is 4.32. The van der Waals surface area contributed by atoms with E-state index in [0.717, 1.165) is 12.1 Å². The summed E-state index contributed by atoms with van der Waals surface area (Å²) < 4.78 is 31.2. The smallest absolute Gasteiger partial charge is 0.236 e. The van der Waals surface area contributed by atoms with Crippen LogP contribution in [-0.4, -0.2) is 17.1 Å². The van der Waals surface area contributed by atoms with Gasteiger partial charge in [-0.05, 0) is 18.2 Å². The van der Waals surface area contributed by atoms with Crippen molar-refractivity contribution in [2.75, 3.05) is 12.8 Å². The van der Waals surface area contributed by atoms with Crippen LogP contribution in [0.25, 0.3) is 11.3 Å². The van der Waals surface area contributed by atoms with Crippen molar-refractivity contribution in [3.63, 3.8) is 0 Å². The fourth-order valence-electron chi connectivity index (χ4n) is 1.39. The monoisotopic (exact) mass is 237 g/mol. The van der Waals surface area contributed by atoms with Gasteiger partial charge in [-0.25, -0.2) is 14.4 Å². The van der Waals surface area contributed by atoms with E-state index in [0.29, 0.717) is 5.56 Å². The highest BCUT2D eigenvalue weighted by Crippen LogP contribution is 2.26. The van der Waals surface area contributed by atoms with Crippen LogP contribution < -0.4 is 10.5 Å². The third kappa shape index (κ3) is 2.15. The van der Waals surface area contributed by atoms with E-state index in [2.05, 4.69) is 9.97 Å². The average molecular weight is 237 g/mol. The molecule has 0 aliphatic carbocycles. The number of halogens is 2.